The summed E-state index contributed by atoms with van der Waals surface area (Å²) in [6, 6.07) is 10.6. The van der Waals surface area contributed by atoms with Crippen molar-refractivity contribution in [3.8, 4) is 0 Å². The van der Waals surface area contributed by atoms with Crippen LogP contribution in [0, 0.1) is 0 Å². The molecule has 0 aromatic heterocycles. The number of hydrogen-bond acceptors (Lipinski definition) is 2. The van der Waals surface area contributed by atoms with E-state index in [0.29, 0.717) is 0 Å². The van der Waals surface area contributed by atoms with Crippen molar-refractivity contribution in [2.45, 2.75) is 12.6 Å². The third-order valence-corrected chi connectivity index (χ3v) is 3.09. The number of rotatable bonds is 2. The fourth-order valence-electron chi connectivity index (χ4n) is 2.41. The average molecular weight is 210 g/mol. The van der Waals surface area contributed by atoms with Crippen molar-refractivity contribution in [1.29, 1.82) is 0 Å². The lowest BCUT2D eigenvalue weighted by Crippen LogP contribution is -2.32. The Hall–Kier alpha value is -1.64. The summed E-state index contributed by atoms with van der Waals surface area (Å²) in [4.78, 5) is 0. The van der Waals surface area contributed by atoms with Crippen LogP contribution in [0.1, 0.15) is 16.7 Å². The van der Waals surface area contributed by atoms with E-state index in [1.54, 1.807) is 0 Å². The molecule has 0 saturated heterocycles. The predicted molar refractivity (Wildman–Crippen MR) is 68.7 cm³/mol. The summed E-state index contributed by atoms with van der Waals surface area (Å²) in [7, 11) is 0. The Morgan fingerprint density at radius 1 is 0.938 bits per heavy atom. The highest BCUT2D eigenvalue weighted by Gasteiger charge is 2.11. The van der Waals surface area contributed by atoms with Gasteiger partial charge < -0.3 is 11.5 Å². The van der Waals surface area contributed by atoms with E-state index < -0.39 is 0 Å². The number of benzene rings is 2. The van der Waals surface area contributed by atoms with Gasteiger partial charge in [0.25, 0.3) is 0 Å². The molecule has 1 aliphatic rings. The lowest BCUT2D eigenvalue weighted by Gasteiger charge is -2.10. The molecule has 0 saturated carbocycles. The van der Waals surface area contributed by atoms with E-state index in [1.807, 2.05) is 0 Å². The Bertz CT molecular complexity index is 570. The maximum atomic E-state index is 5.67. The molecule has 0 aliphatic heterocycles. The van der Waals surface area contributed by atoms with Gasteiger partial charge in [-0.15, -0.1) is 0 Å². The highest BCUT2D eigenvalue weighted by molar-refractivity contribution is 6.05. The van der Waals surface area contributed by atoms with Crippen LogP contribution in [-0.2, 0) is 6.42 Å². The largest absolute Gasteiger partial charge is 0.316 e. The first kappa shape index (κ1) is 9.58. The van der Waals surface area contributed by atoms with E-state index >= 15 is 0 Å². The van der Waals surface area contributed by atoms with Crippen LogP contribution >= 0.6 is 0 Å². The molecule has 1 aliphatic carbocycles. The molecule has 2 aromatic rings. The quantitative estimate of drug-likeness (QED) is 0.636. The Balaban J connectivity index is 2.28. The first-order valence-electron chi connectivity index (χ1n) is 5.49. The molecule has 2 heteroatoms. The van der Waals surface area contributed by atoms with Gasteiger partial charge in [-0.05, 0) is 27.5 Å². The van der Waals surface area contributed by atoms with Crippen molar-refractivity contribution in [2.24, 2.45) is 11.5 Å². The van der Waals surface area contributed by atoms with Crippen LogP contribution in [0.4, 0.5) is 0 Å². The predicted octanol–water partition coefficient (Wildman–Crippen LogP) is 2.11. The van der Waals surface area contributed by atoms with Crippen LogP contribution in [-0.4, -0.2) is 6.17 Å². The molecule has 0 spiro atoms. The van der Waals surface area contributed by atoms with Gasteiger partial charge in [-0.1, -0.05) is 42.5 Å². The minimum Gasteiger partial charge on any atom is -0.316 e. The molecule has 2 aromatic carbocycles. The van der Waals surface area contributed by atoms with Crippen LogP contribution < -0.4 is 11.5 Å². The van der Waals surface area contributed by atoms with Crippen LogP contribution in [0.3, 0.4) is 0 Å². The lowest BCUT2D eigenvalue weighted by molar-refractivity contribution is 0.706. The molecule has 0 unspecified atom stereocenters. The molecule has 80 valence electrons. The van der Waals surface area contributed by atoms with Crippen molar-refractivity contribution >= 4 is 22.9 Å². The summed E-state index contributed by atoms with van der Waals surface area (Å²) >= 11 is 0. The molecule has 4 N–H and O–H groups in total. The van der Waals surface area contributed by atoms with E-state index in [0.717, 1.165) is 6.42 Å². The van der Waals surface area contributed by atoms with Gasteiger partial charge in [0, 0.05) is 6.42 Å². The first-order valence-corrected chi connectivity index (χ1v) is 5.49. The molecule has 0 amide bonds. The Morgan fingerprint density at radius 3 is 2.44 bits per heavy atom. The number of nitrogens with two attached hydrogens (primary N) is 2. The van der Waals surface area contributed by atoms with Crippen LogP contribution in [0.15, 0.2) is 30.3 Å². The summed E-state index contributed by atoms with van der Waals surface area (Å²) in [5.41, 5.74) is 15.2. The van der Waals surface area contributed by atoms with Gasteiger partial charge in [-0.25, -0.2) is 0 Å². The molecule has 0 fully saturated rings. The van der Waals surface area contributed by atoms with E-state index in [4.69, 9.17) is 11.5 Å². The molecule has 0 atom stereocenters. The Kier molecular flexibility index (Phi) is 2.06. The average Bonchev–Trinajstić information content (AvgIpc) is 2.67. The third kappa shape index (κ3) is 1.35. The summed E-state index contributed by atoms with van der Waals surface area (Å²) in [5, 5.41) is 2.61. The topological polar surface area (TPSA) is 52.0 Å². The minimum atomic E-state index is -0.286. The van der Waals surface area contributed by atoms with Crippen molar-refractivity contribution in [3.05, 3.63) is 47.0 Å². The maximum absolute atomic E-state index is 5.67. The minimum absolute atomic E-state index is 0.286. The van der Waals surface area contributed by atoms with Crippen LogP contribution in [0.2, 0.25) is 0 Å². The highest BCUT2D eigenvalue weighted by atomic mass is 14.8. The van der Waals surface area contributed by atoms with Crippen molar-refractivity contribution in [1.82, 2.24) is 0 Å². The first-order chi connectivity index (χ1) is 7.75. The van der Waals surface area contributed by atoms with E-state index in [1.165, 1.54) is 27.5 Å². The Morgan fingerprint density at radius 2 is 1.69 bits per heavy atom. The summed E-state index contributed by atoms with van der Waals surface area (Å²) < 4.78 is 0. The van der Waals surface area contributed by atoms with Gasteiger partial charge in [0.15, 0.2) is 0 Å². The summed E-state index contributed by atoms with van der Waals surface area (Å²) in [5.74, 6) is 0. The molecule has 16 heavy (non-hydrogen) atoms. The molecule has 0 radical (unpaired) electrons. The van der Waals surface area contributed by atoms with Gasteiger partial charge in [0.1, 0.15) is 0 Å². The fourth-order valence-corrected chi connectivity index (χ4v) is 2.41. The smallest absolute Gasteiger partial charge is 0.0562 e. The van der Waals surface area contributed by atoms with Gasteiger partial charge in [-0.3, -0.25) is 0 Å². The van der Waals surface area contributed by atoms with Gasteiger partial charge in [0.2, 0.25) is 0 Å². The SMILES string of the molecule is NC(N)Cc1ccc2c3c(cccc13)C=C2. The normalized spacial score (nSPS) is 12.9. The zero-order valence-corrected chi connectivity index (χ0v) is 8.98. The zero-order chi connectivity index (χ0) is 11.1. The molecule has 3 rings (SSSR count). The molecule has 0 heterocycles. The molecule has 2 nitrogen and oxygen atoms in total. The highest BCUT2D eigenvalue weighted by Crippen LogP contribution is 2.33. The van der Waals surface area contributed by atoms with Gasteiger partial charge >= 0.3 is 0 Å². The van der Waals surface area contributed by atoms with E-state index in [9.17, 15) is 0 Å². The number of hydrogen-bond donors (Lipinski definition) is 2. The molecular weight excluding hydrogens is 196 g/mol. The van der Waals surface area contributed by atoms with Crippen LogP contribution in [0.25, 0.3) is 22.9 Å². The van der Waals surface area contributed by atoms with Gasteiger partial charge in [-0.2, -0.15) is 0 Å². The maximum Gasteiger partial charge on any atom is 0.0562 e. The van der Waals surface area contributed by atoms with Crippen molar-refractivity contribution in [2.75, 3.05) is 0 Å². The second-order valence-electron chi connectivity index (χ2n) is 4.29. The molecule has 0 bridgehead atoms. The lowest BCUT2D eigenvalue weighted by atomic mass is 9.97. The second-order valence-corrected chi connectivity index (χ2v) is 4.29. The molecular formula is C14H14N2. The summed E-state index contributed by atoms with van der Waals surface area (Å²) in [6.45, 7) is 0. The van der Waals surface area contributed by atoms with E-state index in [-0.39, 0.29) is 6.17 Å². The second kappa shape index (κ2) is 3.44. The van der Waals surface area contributed by atoms with Crippen LogP contribution in [0.5, 0.6) is 0 Å². The summed E-state index contributed by atoms with van der Waals surface area (Å²) in [6.07, 6.45) is 4.75. The van der Waals surface area contributed by atoms with Gasteiger partial charge in [0.05, 0.1) is 6.17 Å². The standard InChI is InChI=1S/C14H14N2/c15-13(16)8-11-7-6-10-5-4-9-2-1-3-12(11)14(9)10/h1-7,13H,8,15-16H2. The monoisotopic (exact) mass is 210 g/mol. The van der Waals surface area contributed by atoms with E-state index in [2.05, 4.69) is 42.5 Å². The van der Waals surface area contributed by atoms with Crippen molar-refractivity contribution < 1.29 is 0 Å². The fraction of sp³-hybridized carbons (Fsp3) is 0.143. The Labute approximate surface area is 94.6 Å². The van der Waals surface area contributed by atoms with Crippen molar-refractivity contribution in [3.63, 3.8) is 0 Å². The third-order valence-electron chi connectivity index (χ3n) is 3.09. The zero-order valence-electron chi connectivity index (χ0n) is 8.98.